The maximum Gasteiger partial charge on any atom is 0.132 e. The molecule has 96 valence electrons. The molecule has 0 bridgehead atoms. The van der Waals surface area contributed by atoms with E-state index in [1.165, 1.54) is 12.1 Å². The summed E-state index contributed by atoms with van der Waals surface area (Å²) >= 11 is 5.81. The summed E-state index contributed by atoms with van der Waals surface area (Å²) < 4.78 is 13.6. The number of nitrogens with zero attached hydrogens (tertiary/aromatic N) is 2. The third-order valence-corrected chi connectivity index (χ3v) is 2.85. The Hall–Kier alpha value is -2.12. The topological polar surface area (TPSA) is 48.7 Å². The predicted molar refractivity (Wildman–Crippen MR) is 72.4 cm³/mol. The quantitative estimate of drug-likeness (QED) is 0.864. The summed E-state index contributed by atoms with van der Waals surface area (Å²) in [5.41, 5.74) is 0.936. The minimum atomic E-state index is -0.287. The van der Waals surface area contributed by atoms with Gasteiger partial charge in [-0.1, -0.05) is 29.8 Å². The van der Waals surface area contributed by atoms with Gasteiger partial charge in [0.05, 0.1) is 17.7 Å². The van der Waals surface area contributed by atoms with Gasteiger partial charge in [-0.2, -0.15) is 5.26 Å². The lowest BCUT2D eigenvalue weighted by Crippen LogP contribution is -2.09. The summed E-state index contributed by atoms with van der Waals surface area (Å²) in [5, 5.41) is 12.1. The van der Waals surface area contributed by atoms with E-state index in [1.807, 2.05) is 13.0 Å². The molecule has 1 aromatic heterocycles. The van der Waals surface area contributed by atoms with Gasteiger partial charge in [-0.25, -0.2) is 9.37 Å². The summed E-state index contributed by atoms with van der Waals surface area (Å²) in [6.45, 7) is 1.81. The lowest BCUT2D eigenvalue weighted by Gasteiger charge is -2.15. The Morgan fingerprint density at radius 2 is 2.11 bits per heavy atom. The first-order valence-corrected chi connectivity index (χ1v) is 6.06. The highest BCUT2D eigenvalue weighted by molar-refractivity contribution is 6.29. The van der Waals surface area contributed by atoms with Crippen LogP contribution in [0.25, 0.3) is 0 Å². The zero-order valence-corrected chi connectivity index (χ0v) is 10.9. The van der Waals surface area contributed by atoms with Gasteiger partial charge in [-0.3, -0.25) is 0 Å². The molecule has 1 atom stereocenters. The predicted octanol–water partition coefficient (Wildman–Crippen LogP) is 3.92. The number of benzene rings is 1. The van der Waals surface area contributed by atoms with Crippen LogP contribution >= 0.6 is 11.6 Å². The molecule has 0 aliphatic rings. The third-order valence-electron chi connectivity index (χ3n) is 2.66. The molecular weight excluding hydrogens is 265 g/mol. The van der Waals surface area contributed by atoms with Crippen LogP contribution in [0.3, 0.4) is 0 Å². The third kappa shape index (κ3) is 3.21. The van der Waals surface area contributed by atoms with Gasteiger partial charge in [0.1, 0.15) is 16.8 Å². The van der Waals surface area contributed by atoms with E-state index in [2.05, 4.69) is 10.3 Å². The Labute approximate surface area is 115 Å². The van der Waals surface area contributed by atoms with Crippen LogP contribution in [-0.2, 0) is 0 Å². The Kier molecular flexibility index (Phi) is 3.98. The van der Waals surface area contributed by atoms with Gasteiger partial charge < -0.3 is 5.32 Å². The second kappa shape index (κ2) is 5.68. The second-order valence-electron chi connectivity index (χ2n) is 4.06. The van der Waals surface area contributed by atoms with Gasteiger partial charge in [0, 0.05) is 5.56 Å². The number of hydrogen-bond acceptors (Lipinski definition) is 3. The molecular formula is C14H11ClFN3. The molecule has 0 aliphatic carbocycles. The fraction of sp³-hybridized carbons (Fsp3) is 0.143. The van der Waals surface area contributed by atoms with E-state index in [0.29, 0.717) is 16.9 Å². The summed E-state index contributed by atoms with van der Waals surface area (Å²) in [6, 6.07) is 11.3. The molecule has 0 saturated carbocycles. The fourth-order valence-electron chi connectivity index (χ4n) is 1.76. The Bertz CT molecular complexity index is 637. The maximum atomic E-state index is 13.6. The van der Waals surface area contributed by atoms with E-state index in [4.69, 9.17) is 16.9 Å². The van der Waals surface area contributed by atoms with E-state index in [-0.39, 0.29) is 17.0 Å². The van der Waals surface area contributed by atoms with Crippen molar-refractivity contribution in [3.8, 4) is 6.07 Å². The van der Waals surface area contributed by atoms with Crippen LogP contribution in [0.5, 0.6) is 0 Å². The lowest BCUT2D eigenvalue weighted by molar-refractivity contribution is 0.600. The number of pyridine rings is 1. The van der Waals surface area contributed by atoms with Crippen molar-refractivity contribution >= 4 is 17.4 Å². The van der Waals surface area contributed by atoms with Crippen LogP contribution in [0.2, 0.25) is 5.15 Å². The highest BCUT2D eigenvalue weighted by atomic mass is 35.5. The van der Waals surface area contributed by atoms with Gasteiger partial charge in [0.15, 0.2) is 0 Å². The summed E-state index contributed by atoms with van der Waals surface area (Å²) in [4.78, 5) is 4.06. The molecule has 19 heavy (non-hydrogen) atoms. The maximum absolute atomic E-state index is 13.6. The van der Waals surface area contributed by atoms with Crippen LogP contribution in [-0.4, -0.2) is 4.98 Å². The molecule has 3 nitrogen and oxygen atoms in total. The number of halogens is 2. The molecule has 2 rings (SSSR count). The van der Waals surface area contributed by atoms with Gasteiger partial charge in [0.25, 0.3) is 0 Å². The van der Waals surface area contributed by atoms with Crippen molar-refractivity contribution in [2.45, 2.75) is 13.0 Å². The minimum Gasteiger partial charge on any atom is -0.363 e. The van der Waals surface area contributed by atoms with Crippen LogP contribution in [0.4, 0.5) is 10.2 Å². The number of rotatable bonds is 3. The first-order valence-electron chi connectivity index (χ1n) is 5.69. The van der Waals surface area contributed by atoms with Gasteiger partial charge in [-0.05, 0) is 25.1 Å². The van der Waals surface area contributed by atoms with Crippen molar-refractivity contribution in [3.63, 3.8) is 0 Å². The highest BCUT2D eigenvalue weighted by Crippen LogP contribution is 2.22. The van der Waals surface area contributed by atoms with Crippen molar-refractivity contribution in [1.82, 2.24) is 4.98 Å². The van der Waals surface area contributed by atoms with Gasteiger partial charge >= 0.3 is 0 Å². The molecule has 5 heteroatoms. The minimum absolute atomic E-state index is 0.224. The first kappa shape index (κ1) is 13.3. The zero-order chi connectivity index (χ0) is 13.8. The standard InChI is InChI=1S/C14H11ClFN3/c1-9(11-4-2-3-5-12(11)16)18-14-7-10(8-17)6-13(15)19-14/h2-7,9H,1H3,(H,18,19). The van der Waals surface area contributed by atoms with Crippen molar-refractivity contribution in [2.24, 2.45) is 0 Å². The Balaban J connectivity index is 2.24. The Morgan fingerprint density at radius 3 is 2.79 bits per heavy atom. The van der Waals surface area contributed by atoms with Crippen molar-refractivity contribution < 1.29 is 4.39 Å². The average Bonchev–Trinajstić information content (AvgIpc) is 2.38. The summed E-state index contributed by atoms with van der Waals surface area (Å²) in [5.74, 6) is 0.157. The molecule has 2 aromatic rings. The SMILES string of the molecule is CC(Nc1cc(C#N)cc(Cl)n1)c1ccccc1F. The highest BCUT2D eigenvalue weighted by Gasteiger charge is 2.11. The molecule has 1 aromatic carbocycles. The number of anilines is 1. The van der Waals surface area contributed by atoms with E-state index in [9.17, 15) is 4.39 Å². The molecule has 0 amide bonds. The second-order valence-corrected chi connectivity index (χ2v) is 4.45. The van der Waals surface area contributed by atoms with Gasteiger partial charge in [-0.15, -0.1) is 0 Å². The van der Waals surface area contributed by atoms with Crippen molar-refractivity contribution in [2.75, 3.05) is 5.32 Å². The monoisotopic (exact) mass is 275 g/mol. The fourth-order valence-corrected chi connectivity index (χ4v) is 1.97. The van der Waals surface area contributed by atoms with E-state index in [0.717, 1.165) is 0 Å². The van der Waals surface area contributed by atoms with Crippen molar-refractivity contribution in [3.05, 3.63) is 58.5 Å². The largest absolute Gasteiger partial charge is 0.363 e. The average molecular weight is 276 g/mol. The number of hydrogen-bond donors (Lipinski definition) is 1. The normalized spacial score (nSPS) is 11.7. The Morgan fingerprint density at radius 1 is 1.37 bits per heavy atom. The van der Waals surface area contributed by atoms with Crippen LogP contribution < -0.4 is 5.32 Å². The molecule has 0 saturated heterocycles. The lowest BCUT2D eigenvalue weighted by atomic mass is 10.1. The van der Waals surface area contributed by atoms with E-state index >= 15 is 0 Å². The molecule has 0 aliphatic heterocycles. The smallest absolute Gasteiger partial charge is 0.132 e. The first-order chi connectivity index (χ1) is 9.10. The molecule has 0 spiro atoms. The molecule has 0 fully saturated rings. The van der Waals surface area contributed by atoms with E-state index in [1.54, 1.807) is 24.3 Å². The van der Waals surface area contributed by atoms with Gasteiger partial charge in [0.2, 0.25) is 0 Å². The number of aromatic nitrogens is 1. The molecule has 1 N–H and O–H groups in total. The zero-order valence-electron chi connectivity index (χ0n) is 10.2. The molecule has 1 heterocycles. The van der Waals surface area contributed by atoms with Crippen molar-refractivity contribution in [1.29, 1.82) is 5.26 Å². The van der Waals surface area contributed by atoms with Crippen LogP contribution in [0.15, 0.2) is 36.4 Å². The van der Waals surface area contributed by atoms with Crippen LogP contribution in [0, 0.1) is 17.1 Å². The van der Waals surface area contributed by atoms with E-state index < -0.39 is 0 Å². The molecule has 0 radical (unpaired) electrons. The summed E-state index contributed by atoms with van der Waals surface area (Å²) in [6.07, 6.45) is 0. The van der Waals surface area contributed by atoms with Crippen LogP contribution in [0.1, 0.15) is 24.1 Å². The number of nitriles is 1. The molecule has 1 unspecified atom stereocenters. The number of nitrogens with one attached hydrogen (secondary N) is 1. The summed E-state index contributed by atoms with van der Waals surface area (Å²) in [7, 11) is 0.